The molecule has 0 bridgehead atoms. The molecule has 0 atom stereocenters. The first-order valence-corrected chi connectivity index (χ1v) is 8.26. The minimum atomic E-state index is -0.490. The minimum Gasteiger partial charge on any atom is -0.488 e. The van der Waals surface area contributed by atoms with Crippen LogP contribution < -0.4 is 10.3 Å². The lowest BCUT2D eigenvalue weighted by molar-refractivity contribution is 0.305. The van der Waals surface area contributed by atoms with Gasteiger partial charge >= 0.3 is 0 Å². The quantitative estimate of drug-likeness (QED) is 0.582. The molecule has 0 fully saturated rings. The molecule has 134 valence electrons. The molecule has 1 heterocycles. The van der Waals surface area contributed by atoms with Gasteiger partial charge < -0.3 is 9.72 Å². The SMILES string of the molecule is O=c1[nH]c(-c2ccc(F)cc2OCc2cccc(F)c2)nc2ccccc12. The summed E-state index contributed by atoms with van der Waals surface area (Å²) in [5.74, 6) is -0.391. The number of ether oxygens (including phenoxy) is 1. The smallest absolute Gasteiger partial charge is 0.259 e. The summed E-state index contributed by atoms with van der Waals surface area (Å²) >= 11 is 0. The highest BCUT2D eigenvalue weighted by Gasteiger charge is 2.13. The van der Waals surface area contributed by atoms with Crippen molar-refractivity contribution in [2.75, 3.05) is 0 Å². The molecule has 1 aromatic heterocycles. The van der Waals surface area contributed by atoms with Crippen molar-refractivity contribution in [3.05, 3.63) is 94.3 Å². The van der Waals surface area contributed by atoms with Crippen molar-refractivity contribution in [3.63, 3.8) is 0 Å². The van der Waals surface area contributed by atoms with Crippen LogP contribution in [0.15, 0.2) is 71.5 Å². The molecule has 0 amide bonds. The molecule has 0 saturated carbocycles. The van der Waals surface area contributed by atoms with Crippen LogP contribution in [0.1, 0.15) is 5.56 Å². The summed E-state index contributed by atoms with van der Waals surface area (Å²) in [7, 11) is 0. The number of hydrogen-bond donors (Lipinski definition) is 1. The first-order chi connectivity index (χ1) is 13.1. The molecule has 0 aliphatic carbocycles. The van der Waals surface area contributed by atoms with Gasteiger partial charge in [-0.05, 0) is 42.0 Å². The Morgan fingerprint density at radius 2 is 1.74 bits per heavy atom. The molecule has 0 unspecified atom stereocenters. The van der Waals surface area contributed by atoms with Gasteiger partial charge in [-0.1, -0.05) is 24.3 Å². The largest absolute Gasteiger partial charge is 0.488 e. The highest BCUT2D eigenvalue weighted by molar-refractivity contribution is 5.80. The Hall–Kier alpha value is -3.54. The first-order valence-electron chi connectivity index (χ1n) is 8.26. The second-order valence-corrected chi connectivity index (χ2v) is 5.99. The van der Waals surface area contributed by atoms with Crippen molar-refractivity contribution in [3.8, 4) is 17.1 Å². The van der Waals surface area contributed by atoms with Crippen molar-refractivity contribution >= 4 is 10.9 Å². The molecule has 0 saturated heterocycles. The van der Waals surface area contributed by atoms with E-state index < -0.39 is 5.82 Å². The lowest BCUT2D eigenvalue weighted by Crippen LogP contribution is -2.10. The van der Waals surface area contributed by atoms with Crippen molar-refractivity contribution in [2.24, 2.45) is 0 Å². The van der Waals surface area contributed by atoms with Gasteiger partial charge in [0.15, 0.2) is 0 Å². The topological polar surface area (TPSA) is 55.0 Å². The number of rotatable bonds is 4. The van der Waals surface area contributed by atoms with Gasteiger partial charge in [0, 0.05) is 6.07 Å². The normalized spacial score (nSPS) is 10.9. The van der Waals surface area contributed by atoms with Crippen LogP contribution in [0.4, 0.5) is 8.78 Å². The van der Waals surface area contributed by atoms with E-state index in [4.69, 9.17) is 4.74 Å². The molecule has 0 spiro atoms. The van der Waals surface area contributed by atoms with E-state index in [0.29, 0.717) is 22.0 Å². The molecule has 4 nitrogen and oxygen atoms in total. The molecule has 27 heavy (non-hydrogen) atoms. The molecular weight excluding hydrogens is 350 g/mol. The molecule has 6 heteroatoms. The summed E-state index contributed by atoms with van der Waals surface area (Å²) in [4.78, 5) is 19.5. The third kappa shape index (κ3) is 3.55. The van der Waals surface area contributed by atoms with Gasteiger partial charge in [-0.3, -0.25) is 4.79 Å². The molecule has 3 aromatic carbocycles. The minimum absolute atomic E-state index is 0.0476. The molecule has 4 rings (SSSR count). The number of para-hydroxylation sites is 1. The summed E-state index contributed by atoms with van der Waals surface area (Å²) in [5, 5.41) is 0.464. The number of hydrogen-bond acceptors (Lipinski definition) is 3. The summed E-state index contributed by atoms with van der Waals surface area (Å²) in [6, 6.07) is 16.9. The van der Waals surface area contributed by atoms with Crippen LogP contribution in [0.25, 0.3) is 22.3 Å². The Morgan fingerprint density at radius 3 is 2.59 bits per heavy atom. The number of nitrogens with one attached hydrogen (secondary N) is 1. The maximum absolute atomic E-state index is 13.8. The predicted molar refractivity (Wildman–Crippen MR) is 98.5 cm³/mol. The number of H-pyrrole nitrogens is 1. The van der Waals surface area contributed by atoms with Crippen molar-refractivity contribution in [1.29, 1.82) is 0 Å². The van der Waals surface area contributed by atoms with Crippen molar-refractivity contribution in [2.45, 2.75) is 6.61 Å². The van der Waals surface area contributed by atoms with E-state index in [1.54, 1.807) is 36.4 Å². The fourth-order valence-corrected chi connectivity index (χ4v) is 2.81. The van der Waals surface area contributed by atoms with E-state index in [0.717, 1.165) is 0 Å². The van der Waals surface area contributed by atoms with Gasteiger partial charge in [0.05, 0.1) is 16.5 Å². The molecule has 0 aliphatic rings. The molecular formula is C21H14F2N2O2. The summed E-state index contributed by atoms with van der Waals surface area (Å²) in [6.07, 6.45) is 0. The summed E-state index contributed by atoms with van der Waals surface area (Å²) in [6.45, 7) is 0.0476. The second kappa shape index (κ2) is 6.99. The fourth-order valence-electron chi connectivity index (χ4n) is 2.81. The summed E-state index contributed by atoms with van der Waals surface area (Å²) < 4.78 is 32.8. The van der Waals surface area contributed by atoms with Crippen LogP contribution in [0.5, 0.6) is 5.75 Å². The van der Waals surface area contributed by atoms with Gasteiger partial charge in [0.1, 0.15) is 29.8 Å². The zero-order valence-corrected chi connectivity index (χ0v) is 14.1. The highest BCUT2D eigenvalue weighted by Crippen LogP contribution is 2.29. The zero-order valence-electron chi connectivity index (χ0n) is 14.1. The fraction of sp³-hybridized carbons (Fsp3) is 0.0476. The van der Waals surface area contributed by atoms with Crippen LogP contribution in [0.2, 0.25) is 0 Å². The maximum atomic E-state index is 13.8. The number of fused-ring (bicyclic) bond motifs is 1. The number of halogens is 2. The predicted octanol–water partition coefficient (Wildman–Crippen LogP) is 4.45. The van der Waals surface area contributed by atoms with Gasteiger partial charge in [-0.2, -0.15) is 0 Å². The number of aromatic nitrogens is 2. The van der Waals surface area contributed by atoms with Crippen LogP contribution in [0.3, 0.4) is 0 Å². The lowest BCUT2D eigenvalue weighted by atomic mass is 10.1. The Bertz CT molecular complexity index is 1190. The Kier molecular flexibility index (Phi) is 4.38. The van der Waals surface area contributed by atoms with E-state index >= 15 is 0 Å². The zero-order chi connectivity index (χ0) is 18.8. The highest BCUT2D eigenvalue weighted by atomic mass is 19.1. The van der Waals surface area contributed by atoms with Crippen LogP contribution in [0, 0.1) is 11.6 Å². The monoisotopic (exact) mass is 364 g/mol. The molecule has 0 aliphatic heterocycles. The third-order valence-corrected chi connectivity index (χ3v) is 4.10. The summed E-state index contributed by atoms with van der Waals surface area (Å²) in [5.41, 5.74) is 1.27. The van der Waals surface area contributed by atoms with Gasteiger partial charge in [0.25, 0.3) is 5.56 Å². The molecule has 0 radical (unpaired) electrons. The number of benzene rings is 3. The van der Waals surface area contributed by atoms with Crippen molar-refractivity contribution < 1.29 is 13.5 Å². The van der Waals surface area contributed by atoms with Gasteiger partial charge in [0.2, 0.25) is 0 Å². The van der Waals surface area contributed by atoms with E-state index in [1.165, 1.54) is 30.3 Å². The number of nitrogens with zero attached hydrogens (tertiary/aromatic N) is 1. The molecule has 4 aromatic rings. The number of aromatic amines is 1. The van der Waals surface area contributed by atoms with Crippen LogP contribution in [-0.4, -0.2) is 9.97 Å². The molecule has 1 N–H and O–H groups in total. The average Bonchev–Trinajstić information content (AvgIpc) is 2.66. The van der Waals surface area contributed by atoms with Gasteiger partial charge in [-0.25, -0.2) is 13.8 Å². The Morgan fingerprint density at radius 1 is 0.926 bits per heavy atom. The van der Waals surface area contributed by atoms with E-state index in [9.17, 15) is 13.6 Å². The van der Waals surface area contributed by atoms with Crippen LogP contribution in [-0.2, 0) is 6.61 Å². The van der Waals surface area contributed by atoms with E-state index in [-0.39, 0.29) is 29.6 Å². The maximum Gasteiger partial charge on any atom is 0.259 e. The second-order valence-electron chi connectivity index (χ2n) is 5.99. The van der Waals surface area contributed by atoms with E-state index in [1.807, 2.05) is 0 Å². The Labute approximate surface area is 153 Å². The first kappa shape index (κ1) is 16.9. The van der Waals surface area contributed by atoms with Gasteiger partial charge in [-0.15, -0.1) is 0 Å². The third-order valence-electron chi connectivity index (χ3n) is 4.10. The van der Waals surface area contributed by atoms with Crippen LogP contribution >= 0.6 is 0 Å². The standard InChI is InChI=1S/C21H14F2N2O2/c22-14-5-3-4-13(10-14)12-27-19-11-15(23)8-9-17(19)20-24-18-7-2-1-6-16(18)21(26)25-20/h1-11H,12H2,(H,24,25,26). The van der Waals surface area contributed by atoms with E-state index in [2.05, 4.69) is 9.97 Å². The lowest BCUT2D eigenvalue weighted by Gasteiger charge is -2.12. The Balaban J connectivity index is 1.74. The van der Waals surface area contributed by atoms with Crippen molar-refractivity contribution in [1.82, 2.24) is 9.97 Å². The average molecular weight is 364 g/mol.